The molecule has 0 aromatic carbocycles. The molecule has 1 aliphatic heterocycles. The number of nitrogens with one attached hydrogen (secondary N) is 1. The lowest BCUT2D eigenvalue weighted by Crippen LogP contribution is -2.31. The van der Waals surface area contributed by atoms with Crippen molar-refractivity contribution < 1.29 is 9.53 Å². The number of carbonyl (C=O) groups is 1. The van der Waals surface area contributed by atoms with Crippen LogP contribution in [-0.2, 0) is 9.53 Å². The molecule has 2 rings (SSSR count). The fourth-order valence-corrected chi connectivity index (χ4v) is 2.48. The molecule has 0 spiro atoms. The lowest BCUT2D eigenvalue weighted by Gasteiger charge is -2.24. The first kappa shape index (κ1) is 14.3. The monoisotopic (exact) mass is 282 g/mol. The van der Waals surface area contributed by atoms with Gasteiger partial charge in [-0.3, -0.25) is 4.79 Å². The largest absolute Gasteiger partial charge is 0.460 e. The van der Waals surface area contributed by atoms with E-state index in [0.29, 0.717) is 11.7 Å². The van der Waals surface area contributed by atoms with Crippen LogP contribution in [0.4, 0.5) is 0 Å². The molecule has 2 atom stereocenters. The second kappa shape index (κ2) is 5.47. The van der Waals surface area contributed by atoms with Crippen LogP contribution in [0.3, 0.4) is 0 Å². The van der Waals surface area contributed by atoms with Gasteiger partial charge in [-0.2, -0.15) is 0 Å². The zero-order chi connectivity index (χ0) is 14.0. The molecule has 0 saturated carbocycles. The predicted molar refractivity (Wildman–Crippen MR) is 74.2 cm³/mol. The Hall–Kier alpha value is -1.13. The van der Waals surface area contributed by atoms with Gasteiger partial charge < -0.3 is 10.1 Å². The van der Waals surface area contributed by atoms with E-state index >= 15 is 0 Å². The van der Waals surface area contributed by atoms with E-state index in [9.17, 15) is 4.79 Å². The number of halogens is 1. The van der Waals surface area contributed by atoms with Crippen LogP contribution in [-0.4, -0.2) is 29.6 Å². The molecule has 4 nitrogen and oxygen atoms in total. The topological polar surface area (TPSA) is 51.2 Å². The first-order valence-electron chi connectivity index (χ1n) is 6.42. The van der Waals surface area contributed by atoms with Crippen LogP contribution in [0.15, 0.2) is 18.3 Å². The summed E-state index contributed by atoms with van der Waals surface area (Å²) in [6.07, 6.45) is 1.67. The van der Waals surface area contributed by atoms with Gasteiger partial charge in [-0.1, -0.05) is 11.6 Å². The number of carbonyl (C=O) groups excluding carboxylic acids is 1. The van der Waals surface area contributed by atoms with Gasteiger partial charge in [0.25, 0.3) is 0 Å². The Morgan fingerprint density at radius 1 is 1.47 bits per heavy atom. The van der Waals surface area contributed by atoms with Crippen LogP contribution in [0.5, 0.6) is 0 Å². The Morgan fingerprint density at radius 2 is 2.21 bits per heavy atom. The summed E-state index contributed by atoms with van der Waals surface area (Å²) in [5, 5.41) is 3.69. The molecule has 0 amide bonds. The first-order chi connectivity index (χ1) is 8.87. The third-order valence-electron chi connectivity index (χ3n) is 3.10. The van der Waals surface area contributed by atoms with Crippen molar-refractivity contribution in [2.45, 2.75) is 32.3 Å². The standard InChI is InChI=1S/C14H19ClN2O2/c1-14(2,3)19-13(18)11-8-16-7-10(11)9-4-5-17-12(15)6-9/h4-6,10-11,16H,7-8H2,1-3H3. The molecule has 0 bridgehead atoms. The van der Waals surface area contributed by atoms with Crippen LogP contribution in [0.1, 0.15) is 32.3 Å². The van der Waals surface area contributed by atoms with Crippen LogP contribution in [0.25, 0.3) is 0 Å². The van der Waals surface area contributed by atoms with Gasteiger partial charge in [-0.25, -0.2) is 4.98 Å². The quantitative estimate of drug-likeness (QED) is 0.668. The van der Waals surface area contributed by atoms with E-state index in [1.807, 2.05) is 32.9 Å². The van der Waals surface area contributed by atoms with Gasteiger partial charge >= 0.3 is 5.97 Å². The SMILES string of the molecule is CC(C)(C)OC(=O)C1CNCC1c1ccnc(Cl)c1. The number of aromatic nitrogens is 1. The van der Waals surface area contributed by atoms with Crippen LogP contribution < -0.4 is 5.32 Å². The van der Waals surface area contributed by atoms with Gasteiger partial charge in [-0.05, 0) is 38.5 Å². The van der Waals surface area contributed by atoms with Gasteiger partial charge in [0.1, 0.15) is 10.8 Å². The number of pyridine rings is 1. The van der Waals surface area contributed by atoms with Crippen molar-refractivity contribution in [3.05, 3.63) is 29.0 Å². The molecule has 1 fully saturated rings. The molecule has 1 N–H and O–H groups in total. The molecule has 1 aliphatic rings. The van der Waals surface area contributed by atoms with Crippen LogP contribution >= 0.6 is 11.6 Å². The van der Waals surface area contributed by atoms with Crippen molar-refractivity contribution in [3.8, 4) is 0 Å². The summed E-state index contributed by atoms with van der Waals surface area (Å²) in [6.45, 7) is 7.03. The highest BCUT2D eigenvalue weighted by atomic mass is 35.5. The molecule has 0 radical (unpaired) electrons. The number of hydrogen-bond donors (Lipinski definition) is 1. The van der Waals surface area contributed by atoms with Crippen molar-refractivity contribution in [1.29, 1.82) is 0 Å². The second-order valence-corrected chi connectivity index (χ2v) is 6.20. The Kier molecular flexibility index (Phi) is 4.11. The molecule has 5 heteroatoms. The average Bonchev–Trinajstić information content (AvgIpc) is 2.75. The van der Waals surface area contributed by atoms with Crippen LogP contribution in [0.2, 0.25) is 5.15 Å². The molecule has 1 aromatic rings. The zero-order valence-electron chi connectivity index (χ0n) is 11.4. The Bertz CT molecular complexity index is 471. The first-order valence-corrected chi connectivity index (χ1v) is 6.79. The van der Waals surface area contributed by atoms with Gasteiger partial charge in [-0.15, -0.1) is 0 Å². The fourth-order valence-electron chi connectivity index (χ4n) is 2.30. The van der Waals surface area contributed by atoms with E-state index in [-0.39, 0.29) is 17.8 Å². The maximum atomic E-state index is 12.2. The van der Waals surface area contributed by atoms with Crippen molar-refractivity contribution in [2.75, 3.05) is 13.1 Å². The minimum absolute atomic E-state index is 0.0929. The summed E-state index contributed by atoms with van der Waals surface area (Å²) in [4.78, 5) is 16.2. The summed E-state index contributed by atoms with van der Waals surface area (Å²) >= 11 is 5.91. The molecule has 104 valence electrons. The van der Waals surface area contributed by atoms with E-state index in [1.54, 1.807) is 6.20 Å². The lowest BCUT2D eigenvalue weighted by atomic mass is 9.89. The predicted octanol–water partition coefficient (Wildman–Crippen LogP) is 2.38. The summed E-state index contributed by atoms with van der Waals surface area (Å²) < 4.78 is 5.48. The maximum absolute atomic E-state index is 12.2. The van der Waals surface area contributed by atoms with Gasteiger partial charge in [0.2, 0.25) is 0 Å². The zero-order valence-corrected chi connectivity index (χ0v) is 12.2. The molecule has 2 heterocycles. The van der Waals surface area contributed by atoms with E-state index in [0.717, 1.165) is 12.1 Å². The van der Waals surface area contributed by atoms with Crippen molar-refractivity contribution >= 4 is 17.6 Å². The van der Waals surface area contributed by atoms with E-state index in [4.69, 9.17) is 16.3 Å². The maximum Gasteiger partial charge on any atom is 0.311 e. The van der Waals surface area contributed by atoms with Crippen molar-refractivity contribution in [2.24, 2.45) is 5.92 Å². The van der Waals surface area contributed by atoms with E-state index in [1.165, 1.54) is 0 Å². The number of rotatable bonds is 2. The number of ether oxygens (including phenoxy) is 1. The molecule has 19 heavy (non-hydrogen) atoms. The molecular weight excluding hydrogens is 264 g/mol. The van der Waals surface area contributed by atoms with Gasteiger partial charge in [0.05, 0.1) is 5.92 Å². The van der Waals surface area contributed by atoms with Crippen molar-refractivity contribution in [3.63, 3.8) is 0 Å². The second-order valence-electron chi connectivity index (χ2n) is 5.82. The number of hydrogen-bond acceptors (Lipinski definition) is 4. The summed E-state index contributed by atoms with van der Waals surface area (Å²) in [6, 6.07) is 3.72. The minimum atomic E-state index is -0.458. The summed E-state index contributed by atoms with van der Waals surface area (Å²) in [7, 11) is 0. The average molecular weight is 283 g/mol. The molecular formula is C14H19ClN2O2. The van der Waals surface area contributed by atoms with Crippen LogP contribution in [0, 0.1) is 5.92 Å². The highest BCUT2D eigenvalue weighted by Crippen LogP contribution is 2.30. The third kappa shape index (κ3) is 3.67. The highest BCUT2D eigenvalue weighted by Gasteiger charge is 2.36. The highest BCUT2D eigenvalue weighted by molar-refractivity contribution is 6.29. The molecule has 2 unspecified atom stereocenters. The number of esters is 1. The Labute approximate surface area is 118 Å². The van der Waals surface area contributed by atoms with Gasteiger partial charge in [0, 0.05) is 25.2 Å². The lowest BCUT2D eigenvalue weighted by molar-refractivity contribution is -0.159. The Morgan fingerprint density at radius 3 is 2.84 bits per heavy atom. The Balaban J connectivity index is 2.15. The minimum Gasteiger partial charge on any atom is -0.460 e. The van der Waals surface area contributed by atoms with E-state index < -0.39 is 5.60 Å². The van der Waals surface area contributed by atoms with E-state index in [2.05, 4.69) is 10.3 Å². The molecule has 0 aliphatic carbocycles. The smallest absolute Gasteiger partial charge is 0.311 e. The van der Waals surface area contributed by atoms with Gasteiger partial charge in [0.15, 0.2) is 0 Å². The summed E-state index contributed by atoms with van der Waals surface area (Å²) in [5.41, 5.74) is 0.570. The summed E-state index contributed by atoms with van der Waals surface area (Å²) in [5.74, 6) is -0.233. The molecule has 1 aromatic heterocycles. The van der Waals surface area contributed by atoms with Crippen molar-refractivity contribution in [1.82, 2.24) is 10.3 Å². The number of nitrogens with zero attached hydrogens (tertiary/aromatic N) is 1. The fraction of sp³-hybridized carbons (Fsp3) is 0.571. The third-order valence-corrected chi connectivity index (χ3v) is 3.31. The normalized spacial score (nSPS) is 23.4. The molecule has 1 saturated heterocycles.